The second kappa shape index (κ2) is 7.00. The lowest BCUT2D eigenvalue weighted by Crippen LogP contribution is -2.29. The van der Waals surface area contributed by atoms with Gasteiger partial charge in [-0.05, 0) is 18.6 Å². The summed E-state index contributed by atoms with van der Waals surface area (Å²) >= 11 is 0. The molecular formula is C10H16N2O4. The number of hydrogen-bond acceptors (Lipinski definition) is 5. The van der Waals surface area contributed by atoms with Crippen LogP contribution in [0.15, 0.2) is 16.5 Å². The molecule has 0 aromatic carbocycles. The number of carbonyl (C=O) groups is 1. The van der Waals surface area contributed by atoms with E-state index >= 15 is 0 Å². The fourth-order valence-electron chi connectivity index (χ4n) is 1.13. The van der Waals surface area contributed by atoms with Crippen molar-refractivity contribution in [3.63, 3.8) is 0 Å². The van der Waals surface area contributed by atoms with E-state index in [9.17, 15) is 4.79 Å². The number of hydrazine groups is 1. The number of amides is 1. The van der Waals surface area contributed by atoms with Crippen LogP contribution in [0.2, 0.25) is 0 Å². The van der Waals surface area contributed by atoms with E-state index in [0.29, 0.717) is 25.6 Å². The van der Waals surface area contributed by atoms with E-state index < -0.39 is 5.91 Å². The van der Waals surface area contributed by atoms with Crippen molar-refractivity contribution in [2.75, 3.05) is 20.3 Å². The van der Waals surface area contributed by atoms with Crippen LogP contribution in [0.3, 0.4) is 0 Å². The Bertz CT molecular complexity index is 324. The molecule has 0 radical (unpaired) electrons. The summed E-state index contributed by atoms with van der Waals surface area (Å²) in [6.45, 7) is 1.59. The van der Waals surface area contributed by atoms with Crippen molar-refractivity contribution >= 4 is 5.91 Å². The Balaban J connectivity index is 2.27. The van der Waals surface area contributed by atoms with Gasteiger partial charge in [-0.1, -0.05) is 0 Å². The molecule has 6 heteroatoms. The Labute approximate surface area is 93.7 Å². The topological polar surface area (TPSA) is 86.7 Å². The van der Waals surface area contributed by atoms with Crippen LogP contribution in [0.1, 0.15) is 22.7 Å². The lowest BCUT2D eigenvalue weighted by Gasteiger charge is -2.01. The summed E-state index contributed by atoms with van der Waals surface area (Å²) in [5.41, 5.74) is 1.99. The second-order valence-electron chi connectivity index (χ2n) is 3.14. The molecule has 0 saturated heterocycles. The van der Waals surface area contributed by atoms with Gasteiger partial charge in [0.25, 0.3) is 0 Å². The van der Waals surface area contributed by atoms with Gasteiger partial charge in [0.05, 0.1) is 0 Å². The zero-order valence-corrected chi connectivity index (χ0v) is 9.19. The van der Waals surface area contributed by atoms with E-state index in [0.717, 1.165) is 6.42 Å². The predicted octanol–water partition coefficient (Wildman–Crippen LogP) is 0.436. The molecule has 16 heavy (non-hydrogen) atoms. The second-order valence-corrected chi connectivity index (χ2v) is 3.14. The summed E-state index contributed by atoms with van der Waals surface area (Å²) in [6.07, 6.45) is 0.827. The van der Waals surface area contributed by atoms with Crippen LogP contribution < -0.4 is 11.3 Å². The van der Waals surface area contributed by atoms with E-state index in [1.54, 1.807) is 19.2 Å². The third kappa shape index (κ3) is 4.01. The first-order valence-electron chi connectivity index (χ1n) is 4.94. The Morgan fingerprint density at radius 3 is 3.00 bits per heavy atom. The molecular weight excluding hydrogens is 212 g/mol. The van der Waals surface area contributed by atoms with Crippen molar-refractivity contribution < 1.29 is 18.7 Å². The highest BCUT2D eigenvalue weighted by Crippen LogP contribution is 2.08. The van der Waals surface area contributed by atoms with E-state index in [1.807, 2.05) is 5.43 Å². The highest BCUT2D eigenvalue weighted by atomic mass is 16.5. The first-order valence-corrected chi connectivity index (χ1v) is 4.94. The van der Waals surface area contributed by atoms with E-state index in [1.165, 1.54) is 0 Å². The Morgan fingerprint density at radius 2 is 2.31 bits per heavy atom. The quantitative estimate of drug-likeness (QED) is 0.306. The molecule has 0 bridgehead atoms. The number of rotatable bonds is 7. The third-order valence-electron chi connectivity index (χ3n) is 1.90. The molecule has 0 fully saturated rings. The number of hydrogen-bond donors (Lipinski definition) is 2. The molecule has 0 unspecified atom stereocenters. The maximum atomic E-state index is 11.1. The van der Waals surface area contributed by atoms with Crippen LogP contribution in [0, 0.1) is 0 Å². The van der Waals surface area contributed by atoms with Crippen LogP contribution in [0.4, 0.5) is 0 Å². The maximum Gasteiger partial charge on any atom is 0.300 e. The molecule has 0 aliphatic rings. The van der Waals surface area contributed by atoms with Gasteiger partial charge in [-0.15, -0.1) is 0 Å². The molecule has 0 aliphatic carbocycles. The summed E-state index contributed by atoms with van der Waals surface area (Å²) in [7, 11) is 1.64. The fraction of sp³-hybridized carbons (Fsp3) is 0.500. The average molecular weight is 228 g/mol. The summed E-state index contributed by atoms with van der Waals surface area (Å²) in [6, 6.07) is 3.23. The molecule has 6 nitrogen and oxygen atoms in total. The van der Waals surface area contributed by atoms with Crippen molar-refractivity contribution in [2.24, 2.45) is 5.84 Å². The molecule has 90 valence electrons. The molecule has 1 amide bonds. The van der Waals surface area contributed by atoms with Crippen LogP contribution in [0.5, 0.6) is 0 Å². The van der Waals surface area contributed by atoms with Gasteiger partial charge in [-0.25, -0.2) is 5.84 Å². The van der Waals surface area contributed by atoms with Crippen LogP contribution >= 0.6 is 0 Å². The summed E-state index contributed by atoms with van der Waals surface area (Å²) in [5.74, 6) is 5.28. The van der Waals surface area contributed by atoms with Crippen molar-refractivity contribution in [2.45, 2.75) is 13.0 Å². The first-order chi connectivity index (χ1) is 7.77. The van der Waals surface area contributed by atoms with Crippen molar-refractivity contribution in [1.29, 1.82) is 0 Å². The SMILES string of the molecule is COCCCOCc1ccc(C(=O)NN)o1. The summed E-state index contributed by atoms with van der Waals surface area (Å²) < 4.78 is 15.4. The normalized spacial score (nSPS) is 10.4. The number of nitrogens with one attached hydrogen (secondary N) is 1. The van der Waals surface area contributed by atoms with Gasteiger partial charge < -0.3 is 13.9 Å². The van der Waals surface area contributed by atoms with E-state index in [2.05, 4.69) is 0 Å². The zero-order chi connectivity index (χ0) is 11.8. The molecule has 1 heterocycles. The number of furan rings is 1. The van der Waals surface area contributed by atoms with Gasteiger partial charge in [0.2, 0.25) is 0 Å². The Hall–Kier alpha value is -1.37. The standard InChI is InChI=1S/C10H16N2O4/c1-14-5-2-6-15-7-8-3-4-9(16-8)10(13)12-11/h3-4H,2,5-7,11H2,1H3,(H,12,13). The van der Waals surface area contributed by atoms with Gasteiger partial charge in [-0.3, -0.25) is 10.2 Å². The molecule has 1 rings (SSSR count). The van der Waals surface area contributed by atoms with Crippen LogP contribution in [0.25, 0.3) is 0 Å². The largest absolute Gasteiger partial charge is 0.453 e. The molecule has 0 spiro atoms. The van der Waals surface area contributed by atoms with Gasteiger partial charge >= 0.3 is 5.91 Å². The highest BCUT2D eigenvalue weighted by molar-refractivity contribution is 5.90. The van der Waals surface area contributed by atoms with Crippen LogP contribution in [-0.2, 0) is 16.1 Å². The number of nitrogen functional groups attached to an aromatic ring is 1. The minimum absolute atomic E-state index is 0.179. The van der Waals surface area contributed by atoms with Gasteiger partial charge in [-0.2, -0.15) is 0 Å². The number of methoxy groups -OCH3 is 1. The smallest absolute Gasteiger partial charge is 0.300 e. The monoisotopic (exact) mass is 228 g/mol. The summed E-state index contributed by atoms with van der Waals surface area (Å²) in [5, 5.41) is 0. The molecule has 1 aromatic rings. The van der Waals surface area contributed by atoms with Gasteiger partial charge in [0, 0.05) is 20.3 Å². The molecule has 0 aliphatic heterocycles. The van der Waals surface area contributed by atoms with Gasteiger partial charge in [0.1, 0.15) is 12.4 Å². The van der Waals surface area contributed by atoms with Gasteiger partial charge in [0.15, 0.2) is 5.76 Å². The predicted molar refractivity (Wildman–Crippen MR) is 56.5 cm³/mol. The minimum Gasteiger partial charge on any atom is -0.453 e. The molecule has 1 aromatic heterocycles. The zero-order valence-electron chi connectivity index (χ0n) is 9.19. The lowest BCUT2D eigenvalue weighted by atomic mass is 10.4. The third-order valence-corrected chi connectivity index (χ3v) is 1.90. The van der Waals surface area contributed by atoms with Crippen molar-refractivity contribution in [3.8, 4) is 0 Å². The summed E-state index contributed by atoms with van der Waals surface area (Å²) in [4.78, 5) is 11.1. The maximum absolute atomic E-state index is 11.1. The van der Waals surface area contributed by atoms with E-state index in [4.69, 9.17) is 19.7 Å². The first kappa shape index (κ1) is 12.7. The Kier molecular flexibility index (Phi) is 5.55. The highest BCUT2D eigenvalue weighted by Gasteiger charge is 2.08. The molecule has 0 saturated carbocycles. The van der Waals surface area contributed by atoms with E-state index in [-0.39, 0.29) is 5.76 Å². The van der Waals surface area contributed by atoms with Crippen molar-refractivity contribution in [1.82, 2.24) is 5.43 Å². The minimum atomic E-state index is -0.453. The van der Waals surface area contributed by atoms with Crippen LogP contribution in [-0.4, -0.2) is 26.2 Å². The van der Waals surface area contributed by atoms with Crippen molar-refractivity contribution in [3.05, 3.63) is 23.7 Å². The Morgan fingerprint density at radius 1 is 1.50 bits per heavy atom. The number of ether oxygens (including phenoxy) is 2. The molecule has 3 N–H and O–H groups in total. The number of carbonyl (C=O) groups excluding carboxylic acids is 1. The lowest BCUT2D eigenvalue weighted by molar-refractivity contribution is 0.0798. The average Bonchev–Trinajstić information content (AvgIpc) is 2.76. The number of nitrogens with two attached hydrogens (primary N) is 1. The molecule has 0 atom stereocenters. The fourth-order valence-corrected chi connectivity index (χ4v) is 1.13.